The predicted octanol–water partition coefficient (Wildman–Crippen LogP) is 1.42. The zero-order valence-electron chi connectivity index (χ0n) is 6.30. The van der Waals surface area contributed by atoms with Crippen molar-refractivity contribution in [3.05, 3.63) is 33.1 Å². The highest BCUT2D eigenvalue weighted by Crippen LogP contribution is 2.17. The average Bonchev–Trinajstić information content (AvgIpc) is 2.03. The molecule has 1 aromatic carbocycles. The average molecular weight is 281 g/mol. The van der Waals surface area contributed by atoms with Gasteiger partial charge in [-0.25, -0.2) is 4.39 Å². The van der Waals surface area contributed by atoms with E-state index in [9.17, 15) is 4.39 Å². The highest BCUT2D eigenvalue weighted by molar-refractivity contribution is 14.1. The summed E-state index contributed by atoms with van der Waals surface area (Å²) in [5.74, 6) is -0.358. The first-order valence-corrected chi connectivity index (χ1v) is 4.54. The fourth-order valence-corrected chi connectivity index (χ4v) is 1.35. The first-order valence-electron chi connectivity index (χ1n) is 3.46. The minimum atomic E-state index is -0.623. The third kappa shape index (κ3) is 2.15. The van der Waals surface area contributed by atoms with Gasteiger partial charge in [0, 0.05) is 9.13 Å². The van der Waals surface area contributed by atoms with Crippen molar-refractivity contribution in [1.29, 1.82) is 0 Å². The van der Waals surface area contributed by atoms with Crippen LogP contribution in [0.4, 0.5) is 4.39 Å². The number of benzene rings is 1. The van der Waals surface area contributed by atoms with Crippen LogP contribution in [0.25, 0.3) is 0 Å². The number of rotatable bonds is 2. The van der Waals surface area contributed by atoms with Crippen LogP contribution in [-0.4, -0.2) is 11.7 Å². The molecule has 1 atom stereocenters. The minimum Gasteiger partial charge on any atom is -0.394 e. The van der Waals surface area contributed by atoms with Gasteiger partial charge in [0.25, 0.3) is 0 Å². The molecule has 4 heteroatoms. The van der Waals surface area contributed by atoms with Crippen molar-refractivity contribution in [3.8, 4) is 0 Å². The van der Waals surface area contributed by atoms with Crippen molar-refractivity contribution in [3.63, 3.8) is 0 Å². The van der Waals surface area contributed by atoms with Crippen molar-refractivity contribution >= 4 is 22.6 Å². The van der Waals surface area contributed by atoms with Gasteiger partial charge in [-0.15, -0.1) is 0 Å². The Hall–Kier alpha value is -0.200. The summed E-state index contributed by atoms with van der Waals surface area (Å²) >= 11 is 2.01. The molecule has 0 aliphatic carbocycles. The second-order valence-electron chi connectivity index (χ2n) is 2.45. The van der Waals surface area contributed by atoms with Crippen molar-refractivity contribution in [2.24, 2.45) is 5.73 Å². The highest BCUT2D eigenvalue weighted by Gasteiger charge is 2.09. The molecule has 0 radical (unpaired) electrons. The van der Waals surface area contributed by atoms with Crippen LogP contribution in [0, 0.1) is 9.39 Å². The number of aliphatic hydroxyl groups is 1. The molecule has 1 rings (SSSR count). The van der Waals surface area contributed by atoms with E-state index in [0.29, 0.717) is 5.56 Å². The van der Waals surface area contributed by atoms with E-state index < -0.39 is 6.04 Å². The second-order valence-corrected chi connectivity index (χ2v) is 3.70. The Morgan fingerprint density at radius 3 is 2.75 bits per heavy atom. The lowest BCUT2D eigenvalue weighted by Crippen LogP contribution is -2.16. The van der Waals surface area contributed by atoms with Crippen LogP contribution in [0.15, 0.2) is 18.2 Å². The Morgan fingerprint density at radius 1 is 1.58 bits per heavy atom. The van der Waals surface area contributed by atoms with E-state index in [-0.39, 0.29) is 12.4 Å². The molecule has 0 saturated heterocycles. The molecule has 0 aromatic heterocycles. The Balaban J connectivity index is 3.01. The van der Waals surface area contributed by atoms with E-state index in [1.165, 1.54) is 6.07 Å². The van der Waals surface area contributed by atoms with Crippen LogP contribution < -0.4 is 5.73 Å². The van der Waals surface area contributed by atoms with Gasteiger partial charge in [0.15, 0.2) is 0 Å². The Labute approximate surface area is 83.7 Å². The number of hydrogen-bond donors (Lipinski definition) is 2. The van der Waals surface area contributed by atoms with E-state index in [0.717, 1.165) is 3.57 Å². The summed E-state index contributed by atoms with van der Waals surface area (Å²) in [4.78, 5) is 0. The van der Waals surface area contributed by atoms with Crippen molar-refractivity contribution in [2.45, 2.75) is 6.04 Å². The summed E-state index contributed by atoms with van der Waals surface area (Å²) in [5.41, 5.74) is 5.81. The summed E-state index contributed by atoms with van der Waals surface area (Å²) in [6, 6.07) is 4.12. The fraction of sp³-hybridized carbons (Fsp3) is 0.250. The summed E-state index contributed by atoms with van der Waals surface area (Å²) in [6.45, 7) is -0.239. The maximum atomic E-state index is 13.1. The first kappa shape index (κ1) is 9.88. The topological polar surface area (TPSA) is 46.2 Å². The molecular formula is C8H9FINO. The molecule has 0 aliphatic rings. The normalized spacial score (nSPS) is 13.0. The summed E-state index contributed by atoms with van der Waals surface area (Å²) < 4.78 is 13.9. The zero-order chi connectivity index (χ0) is 9.14. The molecule has 1 aromatic rings. The molecule has 0 amide bonds. The second kappa shape index (κ2) is 4.15. The molecule has 2 nitrogen and oxygen atoms in total. The number of halogens is 2. The predicted molar refractivity (Wildman–Crippen MR) is 53.1 cm³/mol. The molecule has 0 heterocycles. The van der Waals surface area contributed by atoms with E-state index in [1.807, 2.05) is 22.6 Å². The van der Waals surface area contributed by atoms with Gasteiger partial charge in [-0.2, -0.15) is 0 Å². The van der Waals surface area contributed by atoms with Crippen LogP contribution in [0.1, 0.15) is 11.6 Å². The molecule has 0 bridgehead atoms. The molecule has 0 unspecified atom stereocenters. The molecule has 0 saturated carbocycles. The zero-order valence-corrected chi connectivity index (χ0v) is 8.45. The molecular weight excluding hydrogens is 272 g/mol. The maximum Gasteiger partial charge on any atom is 0.129 e. The van der Waals surface area contributed by atoms with Crippen LogP contribution in [0.5, 0.6) is 0 Å². The smallest absolute Gasteiger partial charge is 0.129 e. The number of nitrogens with two attached hydrogens (primary N) is 1. The van der Waals surface area contributed by atoms with Gasteiger partial charge in [-0.05, 0) is 34.7 Å². The molecule has 0 fully saturated rings. The van der Waals surface area contributed by atoms with E-state index >= 15 is 0 Å². The lowest BCUT2D eigenvalue weighted by molar-refractivity contribution is 0.265. The summed E-state index contributed by atoms with van der Waals surface area (Å²) in [7, 11) is 0. The summed E-state index contributed by atoms with van der Waals surface area (Å²) in [5, 5.41) is 8.69. The van der Waals surface area contributed by atoms with E-state index in [4.69, 9.17) is 10.8 Å². The molecule has 66 valence electrons. The van der Waals surface area contributed by atoms with Gasteiger partial charge in [0.05, 0.1) is 12.6 Å². The van der Waals surface area contributed by atoms with Crippen molar-refractivity contribution < 1.29 is 9.50 Å². The minimum absolute atomic E-state index is 0.239. The van der Waals surface area contributed by atoms with Crippen molar-refractivity contribution in [1.82, 2.24) is 0 Å². The van der Waals surface area contributed by atoms with Crippen LogP contribution >= 0.6 is 22.6 Å². The van der Waals surface area contributed by atoms with Crippen LogP contribution in [-0.2, 0) is 0 Å². The first-order chi connectivity index (χ1) is 5.65. The largest absolute Gasteiger partial charge is 0.394 e. The molecule has 0 aliphatic heterocycles. The van der Waals surface area contributed by atoms with Crippen LogP contribution in [0.2, 0.25) is 0 Å². The van der Waals surface area contributed by atoms with Crippen molar-refractivity contribution in [2.75, 3.05) is 6.61 Å². The molecule has 0 spiro atoms. The van der Waals surface area contributed by atoms with Gasteiger partial charge in [-0.3, -0.25) is 0 Å². The number of aliphatic hydroxyl groups excluding tert-OH is 1. The van der Waals surface area contributed by atoms with E-state index in [1.54, 1.807) is 12.1 Å². The maximum absolute atomic E-state index is 13.1. The quantitative estimate of drug-likeness (QED) is 0.805. The Kier molecular flexibility index (Phi) is 3.42. The fourth-order valence-electron chi connectivity index (χ4n) is 0.901. The lowest BCUT2D eigenvalue weighted by Gasteiger charge is -2.09. The summed E-state index contributed by atoms with van der Waals surface area (Å²) in [6.07, 6.45) is 0. The SMILES string of the molecule is N[C@H](CO)c1ccc(I)cc1F. The standard InChI is InChI=1S/C8H9FINO/c9-7-3-5(10)1-2-6(7)8(11)4-12/h1-3,8,12H,4,11H2/t8-/m1/s1. The van der Waals surface area contributed by atoms with Gasteiger partial charge in [0.2, 0.25) is 0 Å². The highest BCUT2D eigenvalue weighted by atomic mass is 127. The van der Waals surface area contributed by atoms with Gasteiger partial charge in [-0.1, -0.05) is 6.07 Å². The lowest BCUT2D eigenvalue weighted by atomic mass is 10.1. The van der Waals surface area contributed by atoms with E-state index in [2.05, 4.69) is 0 Å². The van der Waals surface area contributed by atoms with Gasteiger partial charge >= 0.3 is 0 Å². The van der Waals surface area contributed by atoms with Crippen LogP contribution in [0.3, 0.4) is 0 Å². The third-order valence-corrected chi connectivity index (χ3v) is 2.23. The number of hydrogen-bond acceptors (Lipinski definition) is 2. The van der Waals surface area contributed by atoms with Gasteiger partial charge < -0.3 is 10.8 Å². The Bertz CT molecular complexity index is 280. The monoisotopic (exact) mass is 281 g/mol. The Morgan fingerprint density at radius 2 is 2.25 bits per heavy atom. The van der Waals surface area contributed by atoms with Gasteiger partial charge in [0.1, 0.15) is 5.82 Å². The third-order valence-electron chi connectivity index (χ3n) is 1.56. The molecule has 12 heavy (non-hydrogen) atoms. The molecule has 3 N–H and O–H groups in total.